The van der Waals surface area contributed by atoms with Gasteiger partial charge in [0.15, 0.2) is 0 Å². The van der Waals surface area contributed by atoms with Crippen LogP contribution < -0.4 is 10.6 Å². The summed E-state index contributed by atoms with van der Waals surface area (Å²) in [6.45, 7) is 10.1. The highest BCUT2D eigenvalue weighted by Crippen LogP contribution is 2.29. The van der Waals surface area contributed by atoms with Gasteiger partial charge in [0.2, 0.25) is 0 Å². The molecule has 0 saturated heterocycles. The van der Waals surface area contributed by atoms with E-state index in [0.29, 0.717) is 0 Å². The van der Waals surface area contributed by atoms with Crippen molar-refractivity contribution in [1.82, 2.24) is 15.0 Å². The van der Waals surface area contributed by atoms with Crippen LogP contribution in [0.25, 0.3) is 0 Å². The minimum absolute atomic E-state index is 0.180. The zero-order chi connectivity index (χ0) is 14.9. The number of anilines is 2. The smallest absolute Gasteiger partial charge is 0.135 e. The Morgan fingerprint density at radius 1 is 1.00 bits per heavy atom. The molecule has 0 amide bonds. The Labute approximate surface area is 123 Å². The van der Waals surface area contributed by atoms with Crippen LogP contribution in [0, 0.1) is 27.7 Å². The average Bonchev–Trinajstić information content (AvgIpc) is 2.72. The molecule has 0 aliphatic rings. The van der Waals surface area contributed by atoms with Crippen LogP contribution in [-0.4, -0.2) is 22.0 Å². The minimum Gasteiger partial charge on any atom is -0.373 e. The fraction of sp³-hybridized carbons (Fsp3) is 0.500. The first-order valence-electron chi connectivity index (χ1n) is 6.65. The van der Waals surface area contributed by atoms with Gasteiger partial charge in [-0.3, -0.25) is 0 Å². The summed E-state index contributed by atoms with van der Waals surface area (Å²) in [5.41, 5.74) is 2.12. The Morgan fingerprint density at radius 3 is 2.20 bits per heavy atom. The van der Waals surface area contributed by atoms with Gasteiger partial charge >= 0.3 is 0 Å². The zero-order valence-electron chi connectivity index (χ0n) is 12.8. The van der Waals surface area contributed by atoms with Crippen molar-refractivity contribution < 1.29 is 0 Å². The van der Waals surface area contributed by atoms with Crippen LogP contribution >= 0.6 is 11.3 Å². The van der Waals surface area contributed by atoms with Crippen LogP contribution in [0.3, 0.4) is 0 Å². The number of rotatable bonds is 4. The second-order valence-corrected chi connectivity index (χ2v) is 6.13. The van der Waals surface area contributed by atoms with Crippen molar-refractivity contribution in [3.05, 3.63) is 27.0 Å². The van der Waals surface area contributed by atoms with Crippen LogP contribution in [-0.2, 0) is 0 Å². The number of nitrogens with one attached hydrogen (secondary N) is 2. The van der Waals surface area contributed by atoms with Gasteiger partial charge in [0, 0.05) is 17.5 Å². The van der Waals surface area contributed by atoms with Crippen molar-refractivity contribution in [1.29, 1.82) is 0 Å². The van der Waals surface area contributed by atoms with Crippen LogP contribution in [0.2, 0.25) is 0 Å². The summed E-state index contributed by atoms with van der Waals surface area (Å²) in [5.74, 6) is 2.50. The van der Waals surface area contributed by atoms with E-state index in [2.05, 4.69) is 32.5 Å². The third kappa shape index (κ3) is 2.90. The standard InChI is InChI=1S/C14H21N5S/c1-7-13(15-6)18-10(4)19-14(7)17-9(3)12-8(2)16-11(5)20-12/h9H,1-6H3,(H2,15,17,18,19). The summed E-state index contributed by atoms with van der Waals surface area (Å²) in [7, 11) is 1.87. The largest absolute Gasteiger partial charge is 0.373 e. The van der Waals surface area contributed by atoms with E-state index >= 15 is 0 Å². The monoisotopic (exact) mass is 291 g/mol. The van der Waals surface area contributed by atoms with E-state index < -0.39 is 0 Å². The van der Waals surface area contributed by atoms with Crippen molar-refractivity contribution in [2.75, 3.05) is 17.7 Å². The molecule has 2 N–H and O–H groups in total. The predicted octanol–water partition coefficient (Wildman–Crippen LogP) is 3.38. The van der Waals surface area contributed by atoms with E-state index in [9.17, 15) is 0 Å². The summed E-state index contributed by atoms with van der Waals surface area (Å²) in [6, 6.07) is 0.180. The zero-order valence-corrected chi connectivity index (χ0v) is 13.6. The van der Waals surface area contributed by atoms with Crippen LogP contribution in [0.1, 0.15) is 39.9 Å². The van der Waals surface area contributed by atoms with Gasteiger partial charge in [-0.05, 0) is 34.6 Å². The van der Waals surface area contributed by atoms with Gasteiger partial charge in [-0.2, -0.15) is 0 Å². The molecule has 0 radical (unpaired) electrons. The number of aryl methyl sites for hydroxylation is 3. The lowest BCUT2D eigenvalue weighted by atomic mass is 10.2. The van der Waals surface area contributed by atoms with Gasteiger partial charge in [-0.1, -0.05) is 0 Å². The van der Waals surface area contributed by atoms with E-state index in [1.165, 1.54) is 4.88 Å². The second kappa shape index (κ2) is 5.75. The molecule has 0 aliphatic heterocycles. The van der Waals surface area contributed by atoms with Gasteiger partial charge in [0.25, 0.3) is 0 Å². The number of thiazole rings is 1. The lowest BCUT2D eigenvalue weighted by Gasteiger charge is -2.17. The predicted molar refractivity (Wildman–Crippen MR) is 84.7 cm³/mol. The normalized spacial score (nSPS) is 12.3. The number of hydrogen-bond acceptors (Lipinski definition) is 6. The molecule has 0 aliphatic carbocycles. The molecule has 0 spiro atoms. The molecule has 0 fully saturated rings. The Hall–Kier alpha value is -1.69. The Morgan fingerprint density at radius 2 is 1.65 bits per heavy atom. The maximum Gasteiger partial charge on any atom is 0.135 e. The van der Waals surface area contributed by atoms with Crippen LogP contribution in [0.4, 0.5) is 11.6 Å². The Bertz CT molecular complexity index is 620. The van der Waals surface area contributed by atoms with Gasteiger partial charge in [0.05, 0.1) is 16.7 Å². The third-order valence-corrected chi connectivity index (χ3v) is 4.44. The number of nitrogens with zero attached hydrogens (tertiary/aromatic N) is 3. The van der Waals surface area contributed by atoms with Gasteiger partial charge in [0.1, 0.15) is 17.5 Å². The van der Waals surface area contributed by atoms with Crippen molar-refractivity contribution in [2.45, 2.75) is 40.7 Å². The summed E-state index contributed by atoms with van der Waals surface area (Å²) < 4.78 is 0. The average molecular weight is 291 g/mol. The highest BCUT2D eigenvalue weighted by atomic mass is 32.1. The summed E-state index contributed by atoms with van der Waals surface area (Å²) in [5, 5.41) is 7.67. The van der Waals surface area contributed by atoms with Gasteiger partial charge in [-0.15, -0.1) is 11.3 Å². The molecule has 2 heterocycles. The topological polar surface area (TPSA) is 62.7 Å². The van der Waals surface area contributed by atoms with Crippen LogP contribution in [0.15, 0.2) is 0 Å². The quantitative estimate of drug-likeness (QED) is 0.904. The molecule has 2 aromatic rings. The molecule has 108 valence electrons. The highest BCUT2D eigenvalue weighted by molar-refractivity contribution is 7.11. The van der Waals surface area contributed by atoms with E-state index in [1.807, 2.05) is 34.7 Å². The van der Waals surface area contributed by atoms with Crippen molar-refractivity contribution in [3.63, 3.8) is 0 Å². The maximum absolute atomic E-state index is 4.51. The lowest BCUT2D eigenvalue weighted by molar-refractivity contribution is 0.868. The molecule has 6 heteroatoms. The first-order valence-corrected chi connectivity index (χ1v) is 7.47. The van der Waals surface area contributed by atoms with E-state index in [-0.39, 0.29) is 6.04 Å². The highest BCUT2D eigenvalue weighted by Gasteiger charge is 2.16. The van der Waals surface area contributed by atoms with Gasteiger partial charge < -0.3 is 10.6 Å². The van der Waals surface area contributed by atoms with Crippen molar-refractivity contribution >= 4 is 23.0 Å². The lowest BCUT2D eigenvalue weighted by Crippen LogP contribution is -2.12. The molecule has 2 rings (SSSR count). The molecule has 20 heavy (non-hydrogen) atoms. The van der Waals surface area contributed by atoms with Crippen molar-refractivity contribution in [2.24, 2.45) is 0 Å². The van der Waals surface area contributed by atoms with E-state index in [1.54, 1.807) is 11.3 Å². The Balaban J connectivity index is 2.30. The summed E-state index contributed by atoms with van der Waals surface area (Å²) >= 11 is 1.73. The molecule has 2 aromatic heterocycles. The molecule has 1 unspecified atom stereocenters. The molecule has 0 bridgehead atoms. The van der Waals surface area contributed by atoms with Crippen molar-refractivity contribution in [3.8, 4) is 0 Å². The Kier molecular flexibility index (Phi) is 4.23. The summed E-state index contributed by atoms with van der Waals surface area (Å²) in [6.07, 6.45) is 0. The number of hydrogen-bond donors (Lipinski definition) is 2. The molecule has 0 saturated carbocycles. The fourth-order valence-electron chi connectivity index (χ4n) is 2.23. The SMILES string of the molecule is CNc1nc(C)nc(NC(C)c2sc(C)nc2C)c1C. The first kappa shape index (κ1) is 14.7. The first-order chi connectivity index (χ1) is 9.42. The summed E-state index contributed by atoms with van der Waals surface area (Å²) in [4.78, 5) is 14.6. The molecular weight excluding hydrogens is 270 g/mol. The van der Waals surface area contributed by atoms with Gasteiger partial charge in [-0.25, -0.2) is 15.0 Å². The third-order valence-electron chi connectivity index (χ3n) is 3.18. The van der Waals surface area contributed by atoms with E-state index in [0.717, 1.165) is 33.7 Å². The maximum atomic E-state index is 4.51. The van der Waals surface area contributed by atoms with Crippen LogP contribution in [0.5, 0.6) is 0 Å². The second-order valence-electron chi connectivity index (χ2n) is 4.89. The molecule has 0 aromatic carbocycles. The molecule has 1 atom stereocenters. The minimum atomic E-state index is 0.180. The molecule has 5 nitrogen and oxygen atoms in total. The van der Waals surface area contributed by atoms with E-state index in [4.69, 9.17) is 0 Å². The number of aromatic nitrogens is 3. The molecular formula is C14H21N5S. The fourth-order valence-corrected chi connectivity index (χ4v) is 3.16.